The van der Waals surface area contributed by atoms with Gasteiger partial charge >= 0.3 is 5.97 Å². The lowest BCUT2D eigenvalue weighted by molar-refractivity contribution is -0.140. The van der Waals surface area contributed by atoms with Gasteiger partial charge in [0.05, 0.1) is 7.11 Å². The number of esters is 1. The zero-order valence-corrected chi connectivity index (χ0v) is 10.00. The Balaban J connectivity index is 2.07. The van der Waals surface area contributed by atoms with Crippen LogP contribution in [0.5, 0.6) is 0 Å². The highest BCUT2D eigenvalue weighted by Crippen LogP contribution is 2.27. The van der Waals surface area contributed by atoms with Gasteiger partial charge in [-0.05, 0) is 38.3 Å². The van der Waals surface area contributed by atoms with Crippen molar-refractivity contribution >= 4 is 5.97 Å². The molecule has 0 unspecified atom stereocenters. The van der Waals surface area contributed by atoms with E-state index in [1.165, 1.54) is 32.9 Å². The molecule has 1 fully saturated rings. The predicted octanol–water partition coefficient (Wildman–Crippen LogP) is 2.06. The van der Waals surface area contributed by atoms with Gasteiger partial charge in [0.2, 0.25) is 0 Å². The first-order chi connectivity index (χ1) is 7.26. The maximum Gasteiger partial charge on any atom is 0.305 e. The molecule has 0 aliphatic heterocycles. The van der Waals surface area contributed by atoms with Gasteiger partial charge < -0.3 is 9.64 Å². The number of hydrogen-bond acceptors (Lipinski definition) is 3. The van der Waals surface area contributed by atoms with Crippen LogP contribution in [0, 0.1) is 5.92 Å². The summed E-state index contributed by atoms with van der Waals surface area (Å²) in [5, 5.41) is 0. The average molecular weight is 213 g/mol. The lowest BCUT2D eigenvalue weighted by Crippen LogP contribution is -2.33. The predicted molar refractivity (Wildman–Crippen MR) is 60.7 cm³/mol. The van der Waals surface area contributed by atoms with Crippen molar-refractivity contribution in [3.05, 3.63) is 0 Å². The van der Waals surface area contributed by atoms with Crippen LogP contribution >= 0.6 is 0 Å². The molecule has 0 atom stereocenters. The van der Waals surface area contributed by atoms with Gasteiger partial charge in [-0.3, -0.25) is 4.79 Å². The Kier molecular flexibility index (Phi) is 5.69. The molecule has 88 valence electrons. The fourth-order valence-corrected chi connectivity index (χ4v) is 1.97. The molecular weight excluding hydrogens is 190 g/mol. The monoisotopic (exact) mass is 213 g/mol. The number of hydrogen-bond donors (Lipinski definition) is 0. The molecule has 0 aromatic rings. The van der Waals surface area contributed by atoms with Crippen molar-refractivity contribution in [2.24, 2.45) is 5.92 Å². The van der Waals surface area contributed by atoms with Crippen molar-refractivity contribution in [2.45, 2.75) is 39.0 Å². The number of carbonyl (C=O) groups is 1. The largest absolute Gasteiger partial charge is 0.469 e. The van der Waals surface area contributed by atoms with E-state index in [9.17, 15) is 4.79 Å². The third-order valence-corrected chi connectivity index (χ3v) is 3.27. The van der Waals surface area contributed by atoms with E-state index in [-0.39, 0.29) is 5.97 Å². The highest BCUT2D eigenvalue weighted by atomic mass is 16.5. The standard InChI is InChI=1S/C12H23NO2/c1-3-13(10-11-6-4-7-11)9-5-8-12(14)15-2/h11H,3-10H2,1-2H3. The second kappa shape index (κ2) is 6.83. The zero-order valence-electron chi connectivity index (χ0n) is 10.00. The maximum absolute atomic E-state index is 10.9. The summed E-state index contributed by atoms with van der Waals surface area (Å²) in [6, 6.07) is 0. The zero-order chi connectivity index (χ0) is 11.1. The quantitative estimate of drug-likeness (QED) is 0.606. The summed E-state index contributed by atoms with van der Waals surface area (Å²) in [6.45, 7) is 5.54. The smallest absolute Gasteiger partial charge is 0.305 e. The van der Waals surface area contributed by atoms with Gasteiger partial charge in [0.15, 0.2) is 0 Å². The Labute approximate surface area is 92.8 Å². The lowest BCUT2D eigenvalue weighted by atomic mass is 9.85. The molecule has 0 bridgehead atoms. The van der Waals surface area contributed by atoms with Crippen molar-refractivity contribution < 1.29 is 9.53 Å². The minimum Gasteiger partial charge on any atom is -0.469 e. The van der Waals surface area contributed by atoms with E-state index in [2.05, 4.69) is 16.6 Å². The van der Waals surface area contributed by atoms with Crippen molar-refractivity contribution in [3.63, 3.8) is 0 Å². The highest BCUT2D eigenvalue weighted by Gasteiger charge is 2.19. The first-order valence-corrected chi connectivity index (χ1v) is 6.05. The number of ether oxygens (including phenoxy) is 1. The van der Waals surface area contributed by atoms with Crippen LogP contribution in [0.2, 0.25) is 0 Å². The summed E-state index contributed by atoms with van der Waals surface area (Å²) >= 11 is 0. The second-order valence-electron chi connectivity index (χ2n) is 4.37. The summed E-state index contributed by atoms with van der Waals surface area (Å²) in [6.07, 6.45) is 5.68. The van der Waals surface area contributed by atoms with Gasteiger partial charge in [0.1, 0.15) is 0 Å². The van der Waals surface area contributed by atoms with Gasteiger partial charge in [-0.15, -0.1) is 0 Å². The van der Waals surface area contributed by atoms with Crippen molar-refractivity contribution in [1.29, 1.82) is 0 Å². The third-order valence-electron chi connectivity index (χ3n) is 3.27. The molecule has 1 saturated carbocycles. The van der Waals surface area contributed by atoms with Crippen LogP contribution in [0.3, 0.4) is 0 Å². The number of methoxy groups -OCH3 is 1. The van der Waals surface area contributed by atoms with E-state index in [0.717, 1.165) is 25.4 Å². The van der Waals surface area contributed by atoms with Gasteiger partial charge in [-0.2, -0.15) is 0 Å². The first-order valence-electron chi connectivity index (χ1n) is 6.05. The molecule has 0 amide bonds. The van der Waals surface area contributed by atoms with Crippen LogP contribution in [0.15, 0.2) is 0 Å². The average Bonchev–Trinajstić information content (AvgIpc) is 2.20. The summed E-state index contributed by atoms with van der Waals surface area (Å²) in [5.41, 5.74) is 0. The Morgan fingerprint density at radius 1 is 1.47 bits per heavy atom. The molecule has 1 aliphatic carbocycles. The summed E-state index contributed by atoms with van der Waals surface area (Å²) in [4.78, 5) is 13.4. The molecule has 0 saturated heterocycles. The number of carbonyl (C=O) groups excluding carboxylic acids is 1. The Bertz CT molecular complexity index is 190. The molecule has 3 nitrogen and oxygen atoms in total. The van der Waals surface area contributed by atoms with Crippen LogP contribution in [0.4, 0.5) is 0 Å². The molecule has 3 heteroatoms. The van der Waals surface area contributed by atoms with E-state index in [4.69, 9.17) is 0 Å². The first kappa shape index (κ1) is 12.5. The minimum atomic E-state index is -0.0882. The Morgan fingerprint density at radius 3 is 2.67 bits per heavy atom. The molecule has 0 heterocycles. The lowest BCUT2D eigenvalue weighted by Gasteiger charge is -2.31. The normalized spacial score (nSPS) is 16.5. The number of nitrogens with zero attached hydrogens (tertiary/aromatic N) is 1. The molecule has 0 N–H and O–H groups in total. The van der Waals surface area contributed by atoms with E-state index >= 15 is 0 Å². The summed E-state index contributed by atoms with van der Waals surface area (Å²) in [7, 11) is 1.45. The van der Waals surface area contributed by atoms with E-state index in [1.54, 1.807) is 0 Å². The van der Waals surface area contributed by atoms with Gasteiger partial charge in [-0.1, -0.05) is 13.3 Å². The van der Waals surface area contributed by atoms with Crippen molar-refractivity contribution in [2.75, 3.05) is 26.7 Å². The van der Waals surface area contributed by atoms with Crippen LogP contribution in [-0.2, 0) is 9.53 Å². The van der Waals surface area contributed by atoms with E-state index in [1.807, 2.05) is 0 Å². The van der Waals surface area contributed by atoms with Gasteiger partial charge in [-0.25, -0.2) is 0 Å². The van der Waals surface area contributed by atoms with E-state index in [0.29, 0.717) is 6.42 Å². The summed E-state index contributed by atoms with van der Waals surface area (Å²) < 4.78 is 4.62. The fourth-order valence-electron chi connectivity index (χ4n) is 1.97. The van der Waals surface area contributed by atoms with Crippen LogP contribution in [-0.4, -0.2) is 37.6 Å². The molecule has 1 aliphatic rings. The molecule has 1 rings (SSSR count). The summed E-state index contributed by atoms with van der Waals surface area (Å²) in [5.74, 6) is 0.831. The number of rotatable bonds is 7. The van der Waals surface area contributed by atoms with Crippen molar-refractivity contribution in [1.82, 2.24) is 4.90 Å². The van der Waals surface area contributed by atoms with Crippen LogP contribution in [0.1, 0.15) is 39.0 Å². The third kappa shape index (κ3) is 4.65. The molecule has 0 aromatic carbocycles. The molecule has 0 aromatic heterocycles. The minimum absolute atomic E-state index is 0.0882. The fraction of sp³-hybridized carbons (Fsp3) is 0.917. The second-order valence-corrected chi connectivity index (χ2v) is 4.37. The van der Waals surface area contributed by atoms with E-state index < -0.39 is 0 Å². The SMILES string of the molecule is CCN(CCCC(=O)OC)CC1CCC1. The molecular formula is C12H23NO2. The van der Waals surface area contributed by atoms with Gasteiger partial charge in [0, 0.05) is 13.0 Å². The van der Waals surface area contributed by atoms with Crippen LogP contribution in [0.25, 0.3) is 0 Å². The van der Waals surface area contributed by atoms with Crippen molar-refractivity contribution in [3.8, 4) is 0 Å². The van der Waals surface area contributed by atoms with Gasteiger partial charge in [0.25, 0.3) is 0 Å². The molecule has 0 spiro atoms. The Hall–Kier alpha value is -0.570. The maximum atomic E-state index is 10.9. The Morgan fingerprint density at radius 2 is 2.20 bits per heavy atom. The molecule has 0 radical (unpaired) electrons. The highest BCUT2D eigenvalue weighted by molar-refractivity contribution is 5.69. The van der Waals surface area contributed by atoms with Crippen LogP contribution < -0.4 is 0 Å². The molecule has 15 heavy (non-hydrogen) atoms. The topological polar surface area (TPSA) is 29.5 Å².